The van der Waals surface area contributed by atoms with E-state index in [9.17, 15) is 18.8 Å². The van der Waals surface area contributed by atoms with E-state index in [0.29, 0.717) is 12.1 Å². The predicted molar refractivity (Wildman–Crippen MR) is 108 cm³/mol. The molecule has 0 saturated carbocycles. The molecule has 8 heteroatoms. The van der Waals surface area contributed by atoms with Crippen molar-refractivity contribution in [2.24, 2.45) is 11.7 Å². The topological polar surface area (TPSA) is 99.1 Å². The molecule has 3 aromatic rings. The van der Waals surface area contributed by atoms with Crippen LogP contribution >= 0.6 is 0 Å². The first-order valence-electron chi connectivity index (χ1n) is 9.39. The molecule has 29 heavy (non-hydrogen) atoms. The number of nitrogens with two attached hydrogens (primary N) is 1. The molecule has 0 saturated heterocycles. The predicted octanol–water partition coefficient (Wildman–Crippen LogP) is 1.42. The monoisotopic (exact) mass is 398 g/mol. The minimum absolute atomic E-state index is 0.0344. The molecule has 0 spiro atoms. The van der Waals surface area contributed by atoms with Crippen molar-refractivity contribution in [2.45, 2.75) is 26.4 Å². The van der Waals surface area contributed by atoms with Crippen molar-refractivity contribution in [1.82, 2.24) is 14.5 Å². The number of benzene rings is 2. The van der Waals surface area contributed by atoms with Crippen molar-refractivity contribution >= 4 is 22.8 Å². The lowest BCUT2D eigenvalue weighted by Gasteiger charge is -2.15. The number of nitrogens with zero attached hydrogens (tertiary/aromatic N) is 2. The summed E-state index contributed by atoms with van der Waals surface area (Å²) >= 11 is 0. The van der Waals surface area contributed by atoms with E-state index in [4.69, 9.17) is 5.73 Å². The molecule has 3 N–H and O–H groups in total. The number of amides is 2. The fourth-order valence-corrected chi connectivity index (χ4v) is 3.35. The molecular weight excluding hydrogens is 375 g/mol. The molecule has 3 rings (SSSR count). The first kappa shape index (κ1) is 20.3. The SMILES string of the molecule is CCn1c(=O)n(CC(=O)NCC(Cc2ccc(F)cc2)C(N)=O)c2ccccc21. The maximum atomic E-state index is 13.0. The molecule has 0 bridgehead atoms. The van der Waals surface area contributed by atoms with Crippen molar-refractivity contribution in [2.75, 3.05) is 6.54 Å². The van der Waals surface area contributed by atoms with E-state index in [-0.39, 0.29) is 31.0 Å². The summed E-state index contributed by atoms with van der Waals surface area (Å²) in [5.74, 6) is -1.96. The fourth-order valence-electron chi connectivity index (χ4n) is 3.35. The van der Waals surface area contributed by atoms with E-state index >= 15 is 0 Å². The average Bonchev–Trinajstić information content (AvgIpc) is 2.97. The highest BCUT2D eigenvalue weighted by Crippen LogP contribution is 2.13. The number of para-hydroxylation sites is 2. The molecule has 2 amide bonds. The summed E-state index contributed by atoms with van der Waals surface area (Å²) in [6, 6.07) is 13.0. The molecule has 1 unspecified atom stereocenters. The third-order valence-corrected chi connectivity index (χ3v) is 4.89. The van der Waals surface area contributed by atoms with Gasteiger partial charge in [0.2, 0.25) is 11.8 Å². The number of imidazole rings is 1. The van der Waals surface area contributed by atoms with Crippen LogP contribution in [0, 0.1) is 11.7 Å². The van der Waals surface area contributed by atoms with Gasteiger partial charge in [-0.05, 0) is 43.2 Å². The first-order chi connectivity index (χ1) is 13.9. The standard InChI is InChI=1S/C21H23FN4O3/c1-2-25-17-5-3-4-6-18(17)26(21(25)29)13-19(27)24-12-15(20(23)28)11-14-7-9-16(22)10-8-14/h3-10,15H,2,11-13H2,1H3,(H2,23,28)(H,24,27). The minimum Gasteiger partial charge on any atom is -0.369 e. The van der Waals surface area contributed by atoms with Crippen molar-refractivity contribution in [1.29, 1.82) is 0 Å². The molecular formula is C21H23FN4O3. The number of primary amides is 1. The summed E-state index contributed by atoms with van der Waals surface area (Å²) in [6.07, 6.45) is 0.283. The van der Waals surface area contributed by atoms with E-state index in [1.165, 1.54) is 16.7 Å². The lowest BCUT2D eigenvalue weighted by atomic mass is 9.98. The lowest BCUT2D eigenvalue weighted by Crippen LogP contribution is -2.39. The van der Waals surface area contributed by atoms with Crippen molar-refractivity contribution in [3.8, 4) is 0 Å². The normalized spacial score (nSPS) is 12.1. The number of hydrogen-bond donors (Lipinski definition) is 2. The summed E-state index contributed by atoms with van der Waals surface area (Å²) in [7, 11) is 0. The van der Waals surface area contributed by atoms with Crippen LogP contribution in [0.1, 0.15) is 12.5 Å². The van der Waals surface area contributed by atoms with Gasteiger partial charge >= 0.3 is 5.69 Å². The summed E-state index contributed by atoms with van der Waals surface area (Å²) in [5.41, 5.74) is 7.37. The third-order valence-electron chi connectivity index (χ3n) is 4.89. The second kappa shape index (κ2) is 8.72. The quantitative estimate of drug-likeness (QED) is 0.600. The molecule has 0 fully saturated rings. The van der Waals surface area contributed by atoms with Gasteiger partial charge in [-0.25, -0.2) is 9.18 Å². The van der Waals surface area contributed by atoms with Gasteiger partial charge in [0.05, 0.1) is 17.0 Å². The molecule has 1 heterocycles. The van der Waals surface area contributed by atoms with Crippen LogP contribution in [0.5, 0.6) is 0 Å². The van der Waals surface area contributed by atoms with Gasteiger partial charge in [0, 0.05) is 13.1 Å². The number of carbonyl (C=O) groups is 2. The Labute approximate surface area is 166 Å². The second-order valence-electron chi connectivity index (χ2n) is 6.84. The molecule has 1 aromatic heterocycles. The highest BCUT2D eigenvalue weighted by Gasteiger charge is 2.19. The fraction of sp³-hybridized carbons (Fsp3) is 0.286. The van der Waals surface area contributed by atoms with Crippen LogP contribution in [0.15, 0.2) is 53.3 Å². The number of rotatable bonds is 8. The highest BCUT2D eigenvalue weighted by molar-refractivity contribution is 5.82. The zero-order valence-corrected chi connectivity index (χ0v) is 16.1. The van der Waals surface area contributed by atoms with Gasteiger partial charge in [0.1, 0.15) is 12.4 Å². The summed E-state index contributed by atoms with van der Waals surface area (Å²) in [6.45, 7) is 2.24. The number of hydrogen-bond acceptors (Lipinski definition) is 3. The Hall–Kier alpha value is -3.42. The van der Waals surface area contributed by atoms with Gasteiger partial charge in [-0.1, -0.05) is 24.3 Å². The van der Waals surface area contributed by atoms with E-state index < -0.39 is 17.7 Å². The van der Waals surface area contributed by atoms with Crippen LogP contribution in [0.3, 0.4) is 0 Å². The molecule has 0 aliphatic rings. The smallest absolute Gasteiger partial charge is 0.329 e. The second-order valence-corrected chi connectivity index (χ2v) is 6.84. The van der Waals surface area contributed by atoms with Crippen LogP contribution in [-0.4, -0.2) is 27.5 Å². The van der Waals surface area contributed by atoms with Gasteiger partial charge in [-0.2, -0.15) is 0 Å². The number of carbonyl (C=O) groups excluding carboxylic acids is 2. The van der Waals surface area contributed by atoms with Crippen molar-refractivity contribution < 1.29 is 14.0 Å². The highest BCUT2D eigenvalue weighted by atomic mass is 19.1. The minimum atomic E-state index is -0.641. The van der Waals surface area contributed by atoms with E-state index in [0.717, 1.165) is 11.1 Å². The Bertz CT molecular complexity index is 1090. The van der Waals surface area contributed by atoms with Gasteiger partial charge in [-0.3, -0.25) is 18.7 Å². The Morgan fingerprint density at radius 3 is 2.28 bits per heavy atom. The Morgan fingerprint density at radius 1 is 1.07 bits per heavy atom. The summed E-state index contributed by atoms with van der Waals surface area (Å²) < 4.78 is 16.0. The maximum Gasteiger partial charge on any atom is 0.329 e. The number of fused-ring (bicyclic) bond motifs is 1. The van der Waals surface area contributed by atoms with Crippen LogP contribution in [0.2, 0.25) is 0 Å². The third kappa shape index (κ3) is 4.53. The molecule has 0 radical (unpaired) electrons. The molecule has 2 aromatic carbocycles. The number of halogens is 1. The largest absolute Gasteiger partial charge is 0.369 e. The van der Waals surface area contributed by atoms with Gasteiger partial charge in [-0.15, -0.1) is 0 Å². The summed E-state index contributed by atoms with van der Waals surface area (Å²) in [5, 5.41) is 2.68. The zero-order valence-electron chi connectivity index (χ0n) is 16.1. The van der Waals surface area contributed by atoms with E-state index in [2.05, 4.69) is 5.32 Å². The maximum absolute atomic E-state index is 13.0. The van der Waals surface area contributed by atoms with Gasteiger partial charge in [0.15, 0.2) is 0 Å². The number of aromatic nitrogens is 2. The Morgan fingerprint density at radius 2 is 1.69 bits per heavy atom. The van der Waals surface area contributed by atoms with Gasteiger partial charge < -0.3 is 11.1 Å². The number of aryl methyl sites for hydroxylation is 1. The first-order valence-corrected chi connectivity index (χ1v) is 9.39. The molecule has 152 valence electrons. The van der Waals surface area contributed by atoms with Crippen molar-refractivity contribution in [3.63, 3.8) is 0 Å². The lowest BCUT2D eigenvalue weighted by molar-refractivity contribution is -0.123. The van der Waals surface area contributed by atoms with Crippen molar-refractivity contribution in [3.05, 3.63) is 70.4 Å². The molecule has 1 atom stereocenters. The van der Waals surface area contributed by atoms with E-state index in [1.807, 2.05) is 25.1 Å². The number of nitrogens with one attached hydrogen (secondary N) is 1. The molecule has 0 aliphatic heterocycles. The van der Waals surface area contributed by atoms with E-state index in [1.54, 1.807) is 22.8 Å². The van der Waals surface area contributed by atoms with Crippen LogP contribution < -0.4 is 16.7 Å². The molecule has 7 nitrogen and oxygen atoms in total. The molecule has 0 aliphatic carbocycles. The van der Waals surface area contributed by atoms with Crippen LogP contribution in [0.25, 0.3) is 11.0 Å². The Balaban J connectivity index is 1.69. The average molecular weight is 398 g/mol. The summed E-state index contributed by atoms with van der Waals surface area (Å²) in [4.78, 5) is 36.8. The van der Waals surface area contributed by atoms with Crippen LogP contribution in [-0.2, 0) is 29.1 Å². The Kier molecular flexibility index (Phi) is 6.11. The van der Waals surface area contributed by atoms with Crippen LogP contribution in [0.4, 0.5) is 4.39 Å². The van der Waals surface area contributed by atoms with Gasteiger partial charge in [0.25, 0.3) is 0 Å². The zero-order chi connectivity index (χ0) is 21.0.